The van der Waals surface area contributed by atoms with Gasteiger partial charge in [0.1, 0.15) is 0 Å². The number of ether oxygens (including phenoxy) is 1. The highest BCUT2D eigenvalue weighted by Gasteiger charge is 2.33. The minimum Gasteiger partial charge on any atom is -0.436 e. The number of amides is 4. The minimum absolute atomic E-state index is 0. The summed E-state index contributed by atoms with van der Waals surface area (Å²) in [6.45, 7) is 1.14. The second kappa shape index (κ2) is 12.4. The van der Waals surface area contributed by atoms with Gasteiger partial charge in [-0.1, -0.05) is 27.3 Å². The van der Waals surface area contributed by atoms with Gasteiger partial charge in [-0.25, -0.2) is 9.59 Å². The van der Waals surface area contributed by atoms with Crippen LogP contribution in [0, 0.1) is 0 Å². The normalized spacial score (nSPS) is 15.0. The minimum atomic E-state index is -1.07. The van der Waals surface area contributed by atoms with E-state index < -0.39 is 35.8 Å². The predicted octanol–water partition coefficient (Wildman–Crippen LogP) is 1.36. The van der Waals surface area contributed by atoms with Crippen LogP contribution in [0.3, 0.4) is 0 Å². The SMILES string of the molecule is C.C.C.CC(=O)ON1C(=O)CCC1=O.COC(=O)ON1C(=O)CCC1=O. The van der Waals surface area contributed by atoms with E-state index in [1.807, 2.05) is 0 Å². The molecule has 2 rings (SSSR count). The van der Waals surface area contributed by atoms with E-state index in [4.69, 9.17) is 0 Å². The molecular weight excluding hydrogens is 352 g/mol. The summed E-state index contributed by atoms with van der Waals surface area (Å²) >= 11 is 0. The standard InChI is InChI=1S/C6H7NO5.C6H7NO4.3CH4/c1-11-6(10)12-7-4(8)2-3-5(7)9;1-4(8)11-7-5(9)2-3-6(7)10;;;/h2-3H2,1H3;2-3H2,1H3;3*1H4. The van der Waals surface area contributed by atoms with Crippen molar-refractivity contribution < 1.29 is 43.2 Å². The molecule has 2 aliphatic rings. The van der Waals surface area contributed by atoms with Crippen LogP contribution in [0.4, 0.5) is 4.79 Å². The monoisotopic (exact) mass is 378 g/mol. The van der Waals surface area contributed by atoms with E-state index in [0.29, 0.717) is 10.1 Å². The molecule has 11 nitrogen and oxygen atoms in total. The first-order valence-corrected chi connectivity index (χ1v) is 6.42. The predicted molar refractivity (Wildman–Crippen MR) is 87.6 cm³/mol. The van der Waals surface area contributed by atoms with Gasteiger partial charge in [0.05, 0.1) is 7.11 Å². The Labute approximate surface area is 152 Å². The molecular formula is C15H26N2O9. The Hall–Kier alpha value is -2.98. The van der Waals surface area contributed by atoms with Gasteiger partial charge in [0.25, 0.3) is 23.6 Å². The summed E-state index contributed by atoms with van der Waals surface area (Å²) in [7, 11) is 1.09. The number of methoxy groups -OCH3 is 1. The maximum Gasteiger partial charge on any atom is 0.533 e. The van der Waals surface area contributed by atoms with Gasteiger partial charge in [0.15, 0.2) is 0 Å². The number of hydrogen-bond donors (Lipinski definition) is 0. The second-order valence-corrected chi connectivity index (χ2v) is 4.29. The van der Waals surface area contributed by atoms with E-state index in [1.54, 1.807) is 0 Å². The summed E-state index contributed by atoms with van der Waals surface area (Å²) in [6.07, 6.45) is -0.650. The third-order valence-corrected chi connectivity index (χ3v) is 2.56. The molecule has 150 valence electrons. The maximum atomic E-state index is 10.8. The maximum absolute atomic E-state index is 10.8. The molecule has 0 saturated carbocycles. The molecule has 0 atom stereocenters. The Morgan fingerprint density at radius 3 is 1.31 bits per heavy atom. The highest BCUT2D eigenvalue weighted by atomic mass is 16.8. The summed E-state index contributed by atoms with van der Waals surface area (Å²) in [5.41, 5.74) is 0. The molecule has 2 fully saturated rings. The van der Waals surface area contributed by atoms with Gasteiger partial charge in [0.2, 0.25) is 0 Å². The van der Waals surface area contributed by atoms with E-state index in [0.717, 1.165) is 14.0 Å². The lowest BCUT2D eigenvalue weighted by Gasteiger charge is -2.10. The van der Waals surface area contributed by atoms with E-state index in [-0.39, 0.29) is 48.0 Å². The molecule has 11 heteroatoms. The lowest BCUT2D eigenvalue weighted by Crippen LogP contribution is -2.31. The van der Waals surface area contributed by atoms with Crippen LogP contribution in [0.25, 0.3) is 0 Å². The number of hydroxylamine groups is 4. The fraction of sp³-hybridized carbons (Fsp3) is 0.600. The zero-order valence-corrected chi connectivity index (χ0v) is 12.4. The molecule has 4 amide bonds. The molecule has 0 unspecified atom stereocenters. The summed E-state index contributed by atoms with van der Waals surface area (Å²) in [6, 6.07) is 0. The Morgan fingerprint density at radius 2 is 1.04 bits per heavy atom. The van der Waals surface area contributed by atoms with E-state index in [9.17, 15) is 28.8 Å². The van der Waals surface area contributed by atoms with Crippen LogP contribution < -0.4 is 0 Å². The van der Waals surface area contributed by atoms with Crippen LogP contribution in [0.2, 0.25) is 0 Å². The van der Waals surface area contributed by atoms with Crippen LogP contribution in [-0.4, -0.2) is 53.0 Å². The number of carbonyl (C=O) groups is 6. The second-order valence-electron chi connectivity index (χ2n) is 4.29. The van der Waals surface area contributed by atoms with Crippen LogP contribution in [-0.2, 0) is 38.4 Å². The van der Waals surface area contributed by atoms with Crippen LogP contribution in [0.1, 0.15) is 54.9 Å². The molecule has 0 N–H and O–H groups in total. The van der Waals surface area contributed by atoms with Crippen molar-refractivity contribution in [1.29, 1.82) is 0 Å². The van der Waals surface area contributed by atoms with Gasteiger partial charge in [-0.3, -0.25) is 24.0 Å². The summed E-state index contributed by atoms with van der Waals surface area (Å²) in [5.74, 6) is -2.61. The van der Waals surface area contributed by atoms with Crippen molar-refractivity contribution in [2.75, 3.05) is 7.11 Å². The van der Waals surface area contributed by atoms with Gasteiger partial charge in [-0.15, -0.1) is 5.06 Å². The van der Waals surface area contributed by atoms with Crippen molar-refractivity contribution in [1.82, 2.24) is 10.1 Å². The Kier molecular flexibility index (Phi) is 13.3. The first kappa shape index (κ1) is 27.8. The van der Waals surface area contributed by atoms with Gasteiger partial charge >= 0.3 is 12.1 Å². The average molecular weight is 378 g/mol. The number of nitrogens with zero attached hydrogens (tertiary/aromatic N) is 2. The molecule has 0 aromatic rings. The van der Waals surface area contributed by atoms with Crippen LogP contribution in [0.5, 0.6) is 0 Å². The third kappa shape index (κ3) is 7.73. The van der Waals surface area contributed by atoms with Gasteiger partial charge < -0.3 is 9.57 Å². The molecule has 2 heterocycles. The summed E-state index contributed by atoms with van der Waals surface area (Å²) < 4.78 is 4.10. The van der Waals surface area contributed by atoms with Crippen molar-refractivity contribution in [3.8, 4) is 0 Å². The number of rotatable bonds is 2. The third-order valence-electron chi connectivity index (χ3n) is 2.56. The molecule has 2 aliphatic heterocycles. The van der Waals surface area contributed by atoms with Crippen molar-refractivity contribution >= 4 is 35.8 Å². The first-order valence-electron chi connectivity index (χ1n) is 6.42. The van der Waals surface area contributed by atoms with Crippen LogP contribution >= 0.6 is 0 Å². The van der Waals surface area contributed by atoms with Gasteiger partial charge in [0, 0.05) is 32.6 Å². The number of imide groups is 2. The summed E-state index contributed by atoms with van der Waals surface area (Å²) in [4.78, 5) is 72.5. The Balaban J connectivity index is -0.000000366. The first-order chi connectivity index (χ1) is 10.8. The topological polar surface area (TPSA) is 137 Å². The van der Waals surface area contributed by atoms with Gasteiger partial charge in [-0.05, 0) is 0 Å². The quantitative estimate of drug-likeness (QED) is 0.515. The van der Waals surface area contributed by atoms with E-state index in [1.165, 1.54) is 0 Å². The smallest absolute Gasteiger partial charge is 0.436 e. The van der Waals surface area contributed by atoms with Crippen molar-refractivity contribution in [3.05, 3.63) is 0 Å². The highest BCUT2D eigenvalue weighted by molar-refractivity contribution is 6.02. The van der Waals surface area contributed by atoms with Crippen LogP contribution in [0.15, 0.2) is 0 Å². The molecule has 0 aromatic carbocycles. The van der Waals surface area contributed by atoms with Crippen molar-refractivity contribution in [3.63, 3.8) is 0 Å². The zero-order chi connectivity index (χ0) is 17.6. The molecule has 0 aliphatic carbocycles. The molecule has 0 bridgehead atoms. The fourth-order valence-corrected chi connectivity index (χ4v) is 1.56. The Bertz CT molecular complexity index is 527. The highest BCUT2D eigenvalue weighted by Crippen LogP contribution is 2.12. The summed E-state index contributed by atoms with van der Waals surface area (Å²) in [5, 5.41) is 0.939. The molecule has 0 radical (unpaired) electrons. The van der Waals surface area contributed by atoms with E-state index in [2.05, 4.69) is 14.4 Å². The number of carbonyl (C=O) groups excluding carboxylic acids is 6. The molecule has 0 aromatic heterocycles. The lowest BCUT2D eigenvalue weighted by molar-refractivity contribution is -0.195. The zero-order valence-electron chi connectivity index (χ0n) is 12.4. The van der Waals surface area contributed by atoms with E-state index >= 15 is 0 Å². The number of hydrogen-bond acceptors (Lipinski definition) is 9. The average Bonchev–Trinajstić information content (AvgIpc) is 2.97. The van der Waals surface area contributed by atoms with Crippen molar-refractivity contribution in [2.24, 2.45) is 0 Å². The lowest BCUT2D eigenvalue weighted by atomic mass is 10.4. The molecule has 26 heavy (non-hydrogen) atoms. The molecule has 0 spiro atoms. The molecule has 2 saturated heterocycles. The Morgan fingerprint density at radius 1 is 0.731 bits per heavy atom. The fourth-order valence-electron chi connectivity index (χ4n) is 1.56. The van der Waals surface area contributed by atoms with Crippen molar-refractivity contribution in [2.45, 2.75) is 54.9 Å². The van der Waals surface area contributed by atoms with Gasteiger partial charge in [-0.2, -0.15) is 0 Å². The largest absolute Gasteiger partial charge is 0.533 e.